The third-order valence-corrected chi connectivity index (χ3v) is 3.78. The minimum Gasteiger partial charge on any atom is -0.320 e. The molecule has 90 valence electrons. The lowest BCUT2D eigenvalue weighted by molar-refractivity contribution is 0.0596. The maximum absolute atomic E-state index is 4.06. The Labute approximate surface area is 96.8 Å². The van der Waals surface area contributed by atoms with Gasteiger partial charge >= 0.3 is 0 Å². The van der Waals surface area contributed by atoms with E-state index in [-0.39, 0.29) is 0 Å². The number of likely N-dealkylation sites (N-methyl/N-ethyl adjacent to an activating group) is 1. The summed E-state index contributed by atoms with van der Waals surface area (Å²) in [5.74, 6) is 0.994. The SMILES string of the molecule is CN(C)C1(CNCc2nncn2C)CCC1. The average molecular weight is 223 g/mol. The van der Waals surface area contributed by atoms with Crippen molar-refractivity contribution in [3.63, 3.8) is 0 Å². The average Bonchev–Trinajstić information content (AvgIpc) is 2.55. The first-order valence-corrected chi connectivity index (χ1v) is 5.85. The Morgan fingerprint density at radius 3 is 2.69 bits per heavy atom. The smallest absolute Gasteiger partial charge is 0.146 e. The Kier molecular flexibility index (Phi) is 3.25. The van der Waals surface area contributed by atoms with Gasteiger partial charge in [0.15, 0.2) is 0 Å². The summed E-state index contributed by atoms with van der Waals surface area (Å²) in [6, 6.07) is 0. The highest BCUT2D eigenvalue weighted by molar-refractivity contribution is 4.98. The summed E-state index contributed by atoms with van der Waals surface area (Å²) in [5.41, 5.74) is 0.374. The van der Waals surface area contributed by atoms with E-state index < -0.39 is 0 Å². The van der Waals surface area contributed by atoms with E-state index in [1.165, 1.54) is 19.3 Å². The molecule has 0 aromatic carbocycles. The molecule has 0 unspecified atom stereocenters. The van der Waals surface area contributed by atoms with E-state index >= 15 is 0 Å². The molecule has 1 heterocycles. The van der Waals surface area contributed by atoms with Gasteiger partial charge in [-0.1, -0.05) is 0 Å². The van der Waals surface area contributed by atoms with Crippen LogP contribution < -0.4 is 5.32 Å². The van der Waals surface area contributed by atoms with Crippen LogP contribution in [-0.4, -0.2) is 45.8 Å². The lowest BCUT2D eigenvalue weighted by atomic mass is 9.75. The molecule has 5 heteroatoms. The standard InChI is InChI=1S/C11H21N5/c1-15(2)11(5-4-6-11)8-12-7-10-14-13-9-16(10)3/h9,12H,4-8H2,1-3H3. The predicted molar refractivity (Wildman–Crippen MR) is 63.0 cm³/mol. The van der Waals surface area contributed by atoms with Crippen LogP contribution in [-0.2, 0) is 13.6 Å². The van der Waals surface area contributed by atoms with E-state index in [1.807, 2.05) is 11.6 Å². The number of nitrogens with one attached hydrogen (secondary N) is 1. The normalized spacial score (nSPS) is 18.8. The van der Waals surface area contributed by atoms with Gasteiger partial charge in [-0.3, -0.25) is 0 Å². The molecule has 0 radical (unpaired) electrons. The first kappa shape index (κ1) is 11.5. The van der Waals surface area contributed by atoms with E-state index in [1.54, 1.807) is 6.33 Å². The van der Waals surface area contributed by atoms with Crippen LogP contribution in [0.25, 0.3) is 0 Å². The molecule has 1 aliphatic rings. The molecular weight excluding hydrogens is 202 g/mol. The first-order valence-electron chi connectivity index (χ1n) is 5.85. The third kappa shape index (κ3) is 2.10. The minimum atomic E-state index is 0.374. The van der Waals surface area contributed by atoms with E-state index in [4.69, 9.17) is 0 Å². The number of rotatable bonds is 5. The molecule has 0 atom stereocenters. The molecule has 0 aliphatic heterocycles. The molecule has 1 saturated carbocycles. The molecule has 16 heavy (non-hydrogen) atoms. The summed E-state index contributed by atoms with van der Waals surface area (Å²) in [5, 5.41) is 11.4. The van der Waals surface area contributed by atoms with Crippen molar-refractivity contribution in [3.8, 4) is 0 Å². The molecule has 1 fully saturated rings. The number of aromatic nitrogens is 3. The van der Waals surface area contributed by atoms with Crippen LogP contribution in [0.4, 0.5) is 0 Å². The van der Waals surface area contributed by atoms with Crippen LogP contribution in [0.1, 0.15) is 25.1 Å². The first-order chi connectivity index (χ1) is 7.64. The van der Waals surface area contributed by atoms with E-state index in [2.05, 4.69) is 34.5 Å². The molecule has 0 saturated heterocycles. The fourth-order valence-electron chi connectivity index (χ4n) is 2.24. The highest BCUT2D eigenvalue weighted by Crippen LogP contribution is 2.35. The number of hydrogen-bond acceptors (Lipinski definition) is 4. The lowest BCUT2D eigenvalue weighted by Gasteiger charge is -2.47. The largest absolute Gasteiger partial charge is 0.320 e. The quantitative estimate of drug-likeness (QED) is 0.784. The van der Waals surface area contributed by atoms with Crippen molar-refractivity contribution >= 4 is 0 Å². The van der Waals surface area contributed by atoms with Gasteiger partial charge in [0.1, 0.15) is 12.2 Å². The van der Waals surface area contributed by atoms with Crippen molar-refractivity contribution < 1.29 is 0 Å². The minimum absolute atomic E-state index is 0.374. The predicted octanol–water partition coefficient (Wildman–Crippen LogP) is 0.389. The second-order valence-corrected chi connectivity index (χ2v) is 4.93. The fraction of sp³-hybridized carbons (Fsp3) is 0.818. The van der Waals surface area contributed by atoms with Gasteiger partial charge in [-0.15, -0.1) is 10.2 Å². The number of nitrogens with zero attached hydrogens (tertiary/aromatic N) is 4. The molecule has 2 rings (SSSR count). The van der Waals surface area contributed by atoms with Crippen LogP contribution in [0.5, 0.6) is 0 Å². The molecule has 1 N–H and O–H groups in total. The van der Waals surface area contributed by atoms with Gasteiger partial charge < -0.3 is 14.8 Å². The molecular formula is C11H21N5. The van der Waals surface area contributed by atoms with E-state index in [9.17, 15) is 0 Å². The van der Waals surface area contributed by atoms with E-state index in [0.29, 0.717) is 5.54 Å². The molecule has 1 aromatic heterocycles. The Morgan fingerprint density at radius 1 is 1.50 bits per heavy atom. The summed E-state index contributed by atoms with van der Waals surface area (Å²) < 4.78 is 1.95. The van der Waals surface area contributed by atoms with Crippen LogP contribution in [0.2, 0.25) is 0 Å². The zero-order valence-electron chi connectivity index (χ0n) is 10.4. The van der Waals surface area contributed by atoms with Crippen LogP contribution >= 0.6 is 0 Å². The van der Waals surface area contributed by atoms with Crippen LogP contribution in [0, 0.1) is 0 Å². The van der Waals surface area contributed by atoms with Crippen molar-refractivity contribution in [2.75, 3.05) is 20.6 Å². The zero-order chi connectivity index (χ0) is 11.6. The van der Waals surface area contributed by atoms with Crippen LogP contribution in [0.15, 0.2) is 6.33 Å². The van der Waals surface area contributed by atoms with Crippen molar-refractivity contribution in [3.05, 3.63) is 12.2 Å². The van der Waals surface area contributed by atoms with Crippen molar-refractivity contribution in [2.24, 2.45) is 7.05 Å². The summed E-state index contributed by atoms with van der Waals surface area (Å²) in [6.45, 7) is 1.83. The van der Waals surface area contributed by atoms with Gasteiger partial charge in [0.25, 0.3) is 0 Å². The molecule has 0 bridgehead atoms. The maximum atomic E-state index is 4.06. The van der Waals surface area contributed by atoms with Gasteiger partial charge in [0, 0.05) is 19.1 Å². The summed E-state index contributed by atoms with van der Waals surface area (Å²) in [7, 11) is 6.31. The van der Waals surface area contributed by atoms with Gasteiger partial charge in [-0.2, -0.15) is 0 Å². The van der Waals surface area contributed by atoms with Gasteiger partial charge in [-0.05, 0) is 33.4 Å². The number of aryl methyl sites for hydroxylation is 1. The molecule has 1 aromatic rings. The van der Waals surface area contributed by atoms with Crippen LogP contribution in [0.3, 0.4) is 0 Å². The van der Waals surface area contributed by atoms with Gasteiger partial charge in [0.2, 0.25) is 0 Å². The molecule has 0 spiro atoms. The third-order valence-electron chi connectivity index (χ3n) is 3.78. The Hall–Kier alpha value is -0.940. The molecule has 5 nitrogen and oxygen atoms in total. The second kappa shape index (κ2) is 4.51. The van der Waals surface area contributed by atoms with Gasteiger partial charge in [0.05, 0.1) is 6.54 Å². The summed E-state index contributed by atoms with van der Waals surface area (Å²) in [6.07, 6.45) is 5.68. The lowest BCUT2D eigenvalue weighted by Crippen LogP contribution is -2.56. The molecule has 0 amide bonds. The Morgan fingerprint density at radius 2 is 2.25 bits per heavy atom. The number of hydrogen-bond donors (Lipinski definition) is 1. The van der Waals surface area contributed by atoms with Crippen molar-refractivity contribution in [1.29, 1.82) is 0 Å². The zero-order valence-corrected chi connectivity index (χ0v) is 10.4. The summed E-state index contributed by atoms with van der Waals surface area (Å²) >= 11 is 0. The van der Waals surface area contributed by atoms with E-state index in [0.717, 1.165) is 18.9 Å². The van der Waals surface area contributed by atoms with Crippen molar-refractivity contribution in [2.45, 2.75) is 31.3 Å². The Bertz CT molecular complexity index is 340. The Balaban J connectivity index is 1.82. The highest BCUT2D eigenvalue weighted by Gasteiger charge is 2.38. The van der Waals surface area contributed by atoms with Crippen molar-refractivity contribution in [1.82, 2.24) is 25.0 Å². The fourth-order valence-corrected chi connectivity index (χ4v) is 2.24. The highest BCUT2D eigenvalue weighted by atomic mass is 15.3. The second-order valence-electron chi connectivity index (χ2n) is 4.93. The topological polar surface area (TPSA) is 46.0 Å². The maximum Gasteiger partial charge on any atom is 0.146 e. The molecule has 1 aliphatic carbocycles. The summed E-state index contributed by atoms with van der Waals surface area (Å²) in [4.78, 5) is 2.35. The monoisotopic (exact) mass is 223 g/mol. The van der Waals surface area contributed by atoms with Gasteiger partial charge in [-0.25, -0.2) is 0 Å².